The molecule has 30 heavy (non-hydrogen) atoms. The fourth-order valence-electron chi connectivity index (χ4n) is 2.64. The number of nitrogens with one attached hydrogen (secondary N) is 2. The third-order valence-electron chi connectivity index (χ3n) is 4.23. The van der Waals surface area contributed by atoms with E-state index in [2.05, 4.69) is 20.7 Å². The molecule has 1 aromatic heterocycles. The number of halogens is 1. The van der Waals surface area contributed by atoms with E-state index in [-0.39, 0.29) is 24.8 Å². The van der Waals surface area contributed by atoms with Crippen molar-refractivity contribution >= 4 is 29.1 Å². The second kappa shape index (κ2) is 10.4. The number of nitrogens with zero attached hydrogens (tertiary/aromatic N) is 3. The zero-order chi connectivity index (χ0) is 21.3. The van der Waals surface area contributed by atoms with Crippen LogP contribution in [0.4, 0.5) is 5.69 Å². The van der Waals surface area contributed by atoms with E-state index in [1.165, 1.54) is 6.33 Å². The lowest BCUT2D eigenvalue weighted by Crippen LogP contribution is -2.32. The van der Waals surface area contributed by atoms with Crippen LogP contribution in [0.2, 0.25) is 5.02 Å². The number of benzene rings is 2. The standard InChI is InChI=1S/C21H22ClN5O3/c1-15-11-18(8-9-19(15)22)30-10-2-3-20(28)24-12-21(29)26-16-4-6-17(7-5-16)27-14-23-13-25-27/h4-9,11,13-14H,2-3,10,12H2,1H3,(H,24,28)(H,26,29). The summed E-state index contributed by atoms with van der Waals surface area (Å²) in [6.45, 7) is 2.21. The molecule has 0 saturated carbocycles. The summed E-state index contributed by atoms with van der Waals surface area (Å²) in [4.78, 5) is 27.8. The summed E-state index contributed by atoms with van der Waals surface area (Å²) in [5.74, 6) is 0.207. The van der Waals surface area contributed by atoms with Gasteiger partial charge in [0.1, 0.15) is 18.4 Å². The summed E-state index contributed by atoms with van der Waals surface area (Å²) in [6.07, 6.45) is 3.85. The first-order valence-corrected chi connectivity index (χ1v) is 9.79. The van der Waals surface area contributed by atoms with Crippen molar-refractivity contribution in [2.75, 3.05) is 18.5 Å². The van der Waals surface area contributed by atoms with Crippen LogP contribution in [0, 0.1) is 6.92 Å². The lowest BCUT2D eigenvalue weighted by molar-refractivity contribution is -0.124. The lowest BCUT2D eigenvalue weighted by Gasteiger charge is -2.09. The number of carbonyl (C=O) groups is 2. The van der Waals surface area contributed by atoms with Gasteiger partial charge in [-0.15, -0.1) is 0 Å². The van der Waals surface area contributed by atoms with Gasteiger partial charge < -0.3 is 15.4 Å². The molecule has 8 nitrogen and oxygen atoms in total. The van der Waals surface area contributed by atoms with E-state index >= 15 is 0 Å². The molecule has 0 aliphatic heterocycles. The van der Waals surface area contributed by atoms with E-state index in [1.807, 2.05) is 25.1 Å². The van der Waals surface area contributed by atoms with Crippen LogP contribution in [0.25, 0.3) is 5.69 Å². The van der Waals surface area contributed by atoms with E-state index in [4.69, 9.17) is 16.3 Å². The number of aryl methyl sites for hydroxylation is 1. The van der Waals surface area contributed by atoms with Crippen molar-refractivity contribution in [3.05, 3.63) is 65.7 Å². The molecule has 0 unspecified atom stereocenters. The molecule has 3 aromatic rings. The first kappa shape index (κ1) is 21.3. The SMILES string of the molecule is Cc1cc(OCCCC(=O)NCC(=O)Nc2ccc(-n3cncn3)cc2)ccc1Cl. The predicted octanol–water partition coefficient (Wildman–Crippen LogP) is 3.14. The fraction of sp³-hybridized carbons (Fsp3) is 0.238. The summed E-state index contributed by atoms with van der Waals surface area (Å²) in [7, 11) is 0. The number of aromatic nitrogens is 3. The third kappa shape index (κ3) is 6.31. The van der Waals surface area contributed by atoms with Crippen LogP contribution in [0.3, 0.4) is 0 Å². The van der Waals surface area contributed by atoms with Gasteiger partial charge in [-0.05, 0) is 61.4 Å². The summed E-state index contributed by atoms with van der Waals surface area (Å²) < 4.78 is 7.22. The molecule has 9 heteroatoms. The molecule has 0 aliphatic carbocycles. The van der Waals surface area contributed by atoms with Gasteiger partial charge in [0.2, 0.25) is 11.8 Å². The number of hydrogen-bond acceptors (Lipinski definition) is 5. The molecule has 0 aliphatic rings. The van der Waals surface area contributed by atoms with Crippen LogP contribution in [-0.4, -0.2) is 39.7 Å². The molecule has 0 atom stereocenters. The summed E-state index contributed by atoms with van der Waals surface area (Å²) in [5.41, 5.74) is 2.39. The van der Waals surface area contributed by atoms with Gasteiger partial charge >= 0.3 is 0 Å². The van der Waals surface area contributed by atoms with Gasteiger partial charge in [-0.25, -0.2) is 9.67 Å². The maximum absolute atomic E-state index is 12.0. The highest BCUT2D eigenvalue weighted by Crippen LogP contribution is 2.21. The molecule has 2 amide bonds. The number of ether oxygens (including phenoxy) is 1. The van der Waals surface area contributed by atoms with Crippen molar-refractivity contribution in [3.63, 3.8) is 0 Å². The van der Waals surface area contributed by atoms with Gasteiger partial charge in [-0.1, -0.05) is 11.6 Å². The fourth-order valence-corrected chi connectivity index (χ4v) is 2.76. The first-order chi connectivity index (χ1) is 14.5. The molecular formula is C21H22ClN5O3. The number of amides is 2. The monoisotopic (exact) mass is 427 g/mol. The molecule has 0 spiro atoms. The minimum absolute atomic E-state index is 0.0963. The van der Waals surface area contributed by atoms with Crippen molar-refractivity contribution in [1.29, 1.82) is 0 Å². The van der Waals surface area contributed by atoms with E-state index < -0.39 is 0 Å². The smallest absolute Gasteiger partial charge is 0.243 e. The molecule has 1 heterocycles. The van der Waals surface area contributed by atoms with Crippen molar-refractivity contribution in [2.24, 2.45) is 0 Å². The summed E-state index contributed by atoms with van der Waals surface area (Å²) in [6, 6.07) is 12.6. The van der Waals surface area contributed by atoms with Crippen LogP contribution in [0.15, 0.2) is 55.1 Å². The Morgan fingerprint density at radius 2 is 1.93 bits per heavy atom. The molecule has 0 bridgehead atoms. The van der Waals surface area contributed by atoms with E-state index in [0.717, 1.165) is 11.3 Å². The summed E-state index contributed by atoms with van der Waals surface area (Å²) in [5, 5.41) is 10.1. The van der Waals surface area contributed by atoms with Gasteiger partial charge in [0.05, 0.1) is 18.8 Å². The van der Waals surface area contributed by atoms with Crippen LogP contribution in [-0.2, 0) is 9.59 Å². The maximum Gasteiger partial charge on any atom is 0.243 e. The van der Waals surface area contributed by atoms with Crippen molar-refractivity contribution in [3.8, 4) is 11.4 Å². The molecule has 2 aromatic carbocycles. The van der Waals surface area contributed by atoms with Crippen molar-refractivity contribution in [1.82, 2.24) is 20.1 Å². The topological polar surface area (TPSA) is 98.1 Å². The molecule has 0 radical (unpaired) electrons. The zero-order valence-corrected chi connectivity index (χ0v) is 17.2. The number of hydrogen-bond donors (Lipinski definition) is 2. The van der Waals surface area contributed by atoms with Crippen LogP contribution in [0.1, 0.15) is 18.4 Å². The van der Waals surface area contributed by atoms with Crippen LogP contribution in [0.5, 0.6) is 5.75 Å². The quantitative estimate of drug-likeness (QED) is 0.511. The van der Waals surface area contributed by atoms with Crippen molar-refractivity contribution in [2.45, 2.75) is 19.8 Å². The van der Waals surface area contributed by atoms with E-state index in [9.17, 15) is 9.59 Å². The average molecular weight is 428 g/mol. The Balaban J connectivity index is 1.33. The highest BCUT2D eigenvalue weighted by Gasteiger charge is 2.07. The highest BCUT2D eigenvalue weighted by atomic mass is 35.5. The highest BCUT2D eigenvalue weighted by molar-refractivity contribution is 6.31. The molecule has 0 fully saturated rings. The second-order valence-electron chi connectivity index (χ2n) is 6.57. The number of anilines is 1. The Bertz CT molecular complexity index is 990. The summed E-state index contributed by atoms with van der Waals surface area (Å²) >= 11 is 5.98. The van der Waals surface area contributed by atoms with Crippen LogP contribution < -0.4 is 15.4 Å². The minimum Gasteiger partial charge on any atom is -0.494 e. The Morgan fingerprint density at radius 3 is 2.63 bits per heavy atom. The van der Waals surface area contributed by atoms with Gasteiger partial charge in [-0.2, -0.15) is 5.10 Å². The molecular weight excluding hydrogens is 406 g/mol. The van der Waals surface area contributed by atoms with Gasteiger partial charge in [0.15, 0.2) is 0 Å². The number of carbonyl (C=O) groups excluding carboxylic acids is 2. The van der Waals surface area contributed by atoms with Crippen LogP contribution >= 0.6 is 11.6 Å². The van der Waals surface area contributed by atoms with Gasteiger partial charge in [0, 0.05) is 17.1 Å². The maximum atomic E-state index is 12.0. The Labute approximate surface area is 179 Å². The average Bonchev–Trinajstić information content (AvgIpc) is 3.28. The lowest BCUT2D eigenvalue weighted by atomic mass is 10.2. The molecule has 0 saturated heterocycles. The largest absolute Gasteiger partial charge is 0.494 e. The van der Waals surface area contributed by atoms with Gasteiger partial charge in [-0.3, -0.25) is 9.59 Å². The first-order valence-electron chi connectivity index (χ1n) is 9.42. The molecule has 3 rings (SSSR count). The Morgan fingerprint density at radius 1 is 1.13 bits per heavy atom. The predicted molar refractivity (Wildman–Crippen MR) is 114 cm³/mol. The van der Waals surface area contributed by atoms with E-state index in [1.54, 1.807) is 35.3 Å². The normalized spacial score (nSPS) is 10.5. The van der Waals surface area contributed by atoms with Gasteiger partial charge in [0.25, 0.3) is 0 Å². The Kier molecular flexibility index (Phi) is 7.40. The second-order valence-corrected chi connectivity index (χ2v) is 6.98. The van der Waals surface area contributed by atoms with E-state index in [0.29, 0.717) is 29.5 Å². The minimum atomic E-state index is -0.301. The Hall–Kier alpha value is -3.39. The number of rotatable bonds is 9. The zero-order valence-electron chi connectivity index (χ0n) is 16.5. The molecule has 2 N–H and O–H groups in total. The van der Waals surface area contributed by atoms with Crippen molar-refractivity contribution < 1.29 is 14.3 Å². The molecule has 156 valence electrons. The third-order valence-corrected chi connectivity index (χ3v) is 4.65.